The zero-order valence-corrected chi connectivity index (χ0v) is 17.4. The molecule has 2 saturated heterocycles. The van der Waals surface area contributed by atoms with Gasteiger partial charge in [-0.1, -0.05) is 0 Å². The van der Waals surface area contributed by atoms with E-state index in [0.29, 0.717) is 24.7 Å². The fraction of sp³-hybridized carbons (Fsp3) is 0.545. The maximum absolute atomic E-state index is 13.3. The number of anilines is 1. The Morgan fingerprint density at radius 1 is 1.13 bits per heavy atom. The molecule has 1 N–H and O–H groups in total. The number of furan rings is 1. The number of amides is 1. The zero-order chi connectivity index (χ0) is 22.0. The first-order valence-electron chi connectivity index (χ1n) is 10.6. The summed E-state index contributed by atoms with van der Waals surface area (Å²) in [5.41, 5.74) is -0.300. The molecule has 9 heteroatoms. The molecule has 4 rings (SSSR count). The normalized spacial score (nSPS) is 19.5. The second kappa shape index (κ2) is 9.00. The van der Waals surface area contributed by atoms with Crippen molar-refractivity contribution >= 4 is 11.6 Å². The van der Waals surface area contributed by atoms with E-state index in [0.717, 1.165) is 51.0 Å². The molecule has 31 heavy (non-hydrogen) atoms. The molecule has 0 aromatic carbocycles. The predicted molar refractivity (Wildman–Crippen MR) is 108 cm³/mol. The molecule has 0 radical (unpaired) electrons. The van der Waals surface area contributed by atoms with Crippen LogP contribution in [0.25, 0.3) is 0 Å². The minimum absolute atomic E-state index is 0.0109. The molecule has 0 unspecified atom stereocenters. The van der Waals surface area contributed by atoms with Gasteiger partial charge in [0.15, 0.2) is 5.76 Å². The summed E-state index contributed by atoms with van der Waals surface area (Å²) in [5.74, 6) is 0.372. The third-order valence-corrected chi connectivity index (χ3v) is 6.07. The van der Waals surface area contributed by atoms with Gasteiger partial charge in [0.25, 0.3) is 5.91 Å². The number of nitrogens with zero attached hydrogens (tertiary/aromatic N) is 2. The van der Waals surface area contributed by atoms with Crippen molar-refractivity contribution < 1.29 is 27.1 Å². The molecule has 0 spiro atoms. The van der Waals surface area contributed by atoms with Crippen molar-refractivity contribution in [2.45, 2.75) is 43.7 Å². The third-order valence-electron chi connectivity index (χ3n) is 6.07. The predicted octanol–water partition coefficient (Wildman–Crippen LogP) is 4.65. The van der Waals surface area contributed by atoms with Crippen molar-refractivity contribution in [3.05, 3.63) is 47.2 Å². The van der Waals surface area contributed by atoms with Gasteiger partial charge >= 0.3 is 6.18 Å². The second-order valence-corrected chi connectivity index (χ2v) is 8.27. The van der Waals surface area contributed by atoms with Crippen LogP contribution in [0.15, 0.2) is 28.8 Å². The number of hydrogen-bond acceptors (Lipinski definition) is 5. The maximum atomic E-state index is 13.3. The molecule has 0 atom stereocenters. The lowest BCUT2D eigenvalue weighted by Crippen LogP contribution is -2.30. The smallest absolute Gasteiger partial charge is 0.417 e. The average Bonchev–Trinajstić information content (AvgIpc) is 3.25. The van der Waals surface area contributed by atoms with E-state index < -0.39 is 17.6 Å². The van der Waals surface area contributed by atoms with Crippen LogP contribution < -0.4 is 5.32 Å². The van der Waals surface area contributed by atoms with Crippen molar-refractivity contribution in [3.8, 4) is 0 Å². The van der Waals surface area contributed by atoms with Gasteiger partial charge in [-0.2, -0.15) is 13.2 Å². The summed E-state index contributed by atoms with van der Waals surface area (Å²) in [7, 11) is 2.01. The Morgan fingerprint density at radius 2 is 1.84 bits per heavy atom. The zero-order valence-electron chi connectivity index (χ0n) is 17.4. The van der Waals surface area contributed by atoms with Crippen molar-refractivity contribution in [2.75, 3.05) is 38.7 Å². The molecule has 6 nitrogen and oxygen atoms in total. The van der Waals surface area contributed by atoms with Gasteiger partial charge in [-0.15, -0.1) is 0 Å². The number of alkyl halides is 3. The molecular weight excluding hydrogens is 411 g/mol. The summed E-state index contributed by atoms with van der Waals surface area (Å²) in [4.78, 5) is 19.1. The van der Waals surface area contributed by atoms with E-state index in [2.05, 4.69) is 15.2 Å². The Hall–Kier alpha value is -2.39. The highest BCUT2D eigenvalue weighted by Gasteiger charge is 2.33. The molecule has 2 aromatic rings. The molecule has 2 aliphatic rings. The summed E-state index contributed by atoms with van der Waals surface area (Å²) in [6, 6.07) is 4.30. The molecular formula is C22H26F3N3O3. The van der Waals surface area contributed by atoms with Crippen LogP contribution in [-0.2, 0) is 10.9 Å². The minimum Gasteiger partial charge on any atom is -0.456 e. The van der Waals surface area contributed by atoms with Gasteiger partial charge in [0.2, 0.25) is 0 Å². The van der Waals surface area contributed by atoms with Gasteiger partial charge in [-0.3, -0.25) is 9.78 Å². The van der Waals surface area contributed by atoms with Crippen molar-refractivity contribution in [2.24, 2.45) is 0 Å². The topological polar surface area (TPSA) is 67.6 Å². The Labute approximate surface area is 178 Å². The van der Waals surface area contributed by atoms with E-state index in [1.54, 1.807) is 12.1 Å². The summed E-state index contributed by atoms with van der Waals surface area (Å²) < 4.78 is 50.9. The summed E-state index contributed by atoms with van der Waals surface area (Å²) in [6.07, 6.45) is -0.532. The van der Waals surface area contributed by atoms with Crippen LogP contribution in [0, 0.1) is 0 Å². The summed E-state index contributed by atoms with van der Waals surface area (Å²) in [5, 5.41) is 2.63. The highest BCUT2D eigenvalue weighted by molar-refractivity contribution is 6.02. The lowest BCUT2D eigenvalue weighted by atomic mass is 9.92. The third kappa shape index (κ3) is 5.10. The number of carbonyl (C=O) groups excluding carboxylic acids is 1. The number of pyridine rings is 1. The van der Waals surface area contributed by atoms with Crippen molar-refractivity contribution in [3.63, 3.8) is 0 Å². The number of carbonyl (C=O) groups is 1. The van der Waals surface area contributed by atoms with Crippen LogP contribution in [0.5, 0.6) is 0 Å². The van der Waals surface area contributed by atoms with Crippen LogP contribution in [-0.4, -0.2) is 49.1 Å². The number of likely N-dealkylation sites (tertiary alicyclic amines) is 1. The second-order valence-electron chi connectivity index (χ2n) is 8.27. The highest BCUT2D eigenvalue weighted by Crippen LogP contribution is 2.36. The number of hydrogen-bond donors (Lipinski definition) is 1. The minimum atomic E-state index is -4.54. The molecule has 4 heterocycles. The van der Waals surface area contributed by atoms with Crippen molar-refractivity contribution in [1.82, 2.24) is 9.88 Å². The first kappa shape index (κ1) is 21.8. The Bertz CT molecular complexity index is 914. The van der Waals surface area contributed by atoms with Gasteiger partial charge in [0.1, 0.15) is 5.76 Å². The summed E-state index contributed by atoms with van der Waals surface area (Å²) in [6.45, 7) is 2.94. The SMILES string of the molecule is CN1CCC(c2ncc(C(F)(F)F)cc2NC(=O)c2ccc(C3CCOCC3)o2)CC1. The Balaban J connectivity index is 1.56. The van der Waals surface area contributed by atoms with E-state index in [9.17, 15) is 18.0 Å². The van der Waals surface area contributed by atoms with Gasteiger partial charge in [-0.25, -0.2) is 0 Å². The van der Waals surface area contributed by atoms with Gasteiger partial charge < -0.3 is 19.4 Å². The number of halogens is 3. The van der Waals surface area contributed by atoms with E-state index in [-0.39, 0.29) is 23.3 Å². The lowest BCUT2D eigenvalue weighted by Gasteiger charge is -2.29. The highest BCUT2D eigenvalue weighted by atomic mass is 19.4. The van der Waals surface area contributed by atoms with E-state index in [4.69, 9.17) is 9.15 Å². The van der Waals surface area contributed by atoms with Crippen LogP contribution >= 0.6 is 0 Å². The molecule has 0 aliphatic carbocycles. The first-order valence-corrected chi connectivity index (χ1v) is 10.6. The van der Waals surface area contributed by atoms with Gasteiger partial charge in [0, 0.05) is 31.2 Å². The van der Waals surface area contributed by atoms with Crippen LogP contribution in [0.4, 0.5) is 18.9 Å². The number of ether oxygens (including phenoxy) is 1. The largest absolute Gasteiger partial charge is 0.456 e. The quantitative estimate of drug-likeness (QED) is 0.754. The summed E-state index contributed by atoms with van der Waals surface area (Å²) >= 11 is 0. The van der Waals surface area contributed by atoms with Crippen LogP contribution in [0.2, 0.25) is 0 Å². The number of rotatable bonds is 4. The molecule has 0 bridgehead atoms. The number of piperidine rings is 1. The molecule has 2 aromatic heterocycles. The first-order chi connectivity index (χ1) is 14.8. The fourth-order valence-electron chi connectivity index (χ4n) is 4.20. The van der Waals surface area contributed by atoms with E-state index in [1.807, 2.05) is 7.05 Å². The van der Waals surface area contributed by atoms with Gasteiger partial charge in [0.05, 0.1) is 16.9 Å². The van der Waals surface area contributed by atoms with Gasteiger partial charge in [-0.05, 0) is 64.0 Å². The molecule has 2 aliphatic heterocycles. The van der Waals surface area contributed by atoms with Crippen molar-refractivity contribution in [1.29, 1.82) is 0 Å². The molecule has 1 amide bonds. The fourth-order valence-corrected chi connectivity index (χ4v) is 4.20. The molecule has 2 fully saturated rings. The average molecular weight is 437 g/mol. The lowest BCUT2D eigenvalue weighted by molar-refractivity contribution is -0.137. The number of nitrogens with one attached hydrogen (secondary N) is 1. The van der Waals surface area contributed by atoms with E-state index in [1.165, 1.54) is 0 Å². The Morgan fingerprint density at radius 3 is 2.52 bits per heavy atom. The Kier molecular flexibility index (Phi) is 6.34. The van der Waals surface area contributed by atoms with E-state index >= 15 is 0 Å². The number of aromatic nitrogens is 1. The standard InChI is InChI=1S/C22H26F3N3O3/c1-28-8-4-15(5-9-28)20-17(12-16(13-26-20)22(23,24)25)27-21(29)19-3-2-18(31-19)14-6-10-30-11-7-14/h2-3,12-15H,4-11H2,1H3,(H,27,29). The molecule has 0 saturated carbocycles. The van der Waals surface area contributed by atoms with Crippen LogP contribution in [0.3, 0.4) is 0 Å². The monoisotopic (exact) mass is 437 g/mol. The maximum Gasteiger partial charge on any atom is 0.417 e. The molecule has 168 valence electrons. The van der Waals surface area contributed by atoms with Crippen LogP contribution in [0.1, 0.15) is 65.1 Å².